The number of unbranched alkanes of at least 4 members (excludes halogenated alkanes) is 3. The Labute approximate surface area is 199 Å². The molecule has 0 atom stereocenters. The summed E-state index contributed by atoms with van der Waals surface area (Å²) in [5.41, 5.74) is 2.27. The van der Waals surface area contributed by atoms with Gasteiger partial charge in [0.1, 0.15) is 0 Å². The van der Waals surface area contributed by atoms with Crippen LogP contribution in [0.25, 0.3) is 5.57 Å². The SMILES string of the molecule is C=C(C/C(=[C](\C(=O)OC)[Sn]([CH2]CCC)([CH2]CCC)[CH2]CCC)c1ccccc1)C(=O)OC. The summed E-state index contributed by atoms with van der Waals surface area (Å²) in [5.74, 6) is -0.639. The van der Waals surface area contributed by atoms with Crippen LogP contribution in [0.3, 0.4) is 0 Å². The fourth-order valence-corrected chi connectivity index (χ4v) is 21.6. The van der Waals surface area contributed by atoms with Crippen molar-refractivity contribution in [3.05, 3.63) is 51.6 Å². The number of methoxy groups -OCH3 is 2. The van der Waals surface area contributed by atoms with Gasteiger partial charge < -0.3 is 0 Å². The summed E-state index contributed by atoms with van der Waals surface area (Å²) in [6.07, 6.45) is 7.03. The van der Waals surface area contributed by atoms with E-state index in [2.05, 4.69) is 27.4 Å². The van der Waals surface area contributed by atoms with Crippen LogP contribution < -0.4 is 0 Å². The summed E-state index contributed by atoms with van der Waals surface area (Å²) in [6.45, 7) is 10.6. The minimum atomic E-state index is -3.20. The number of hydrogen-bond acceptors (Lipinski definition) is 4. The molecule has 1 aromatic carbocycles. The quantitative estimate of drug-likeness (QED) is 0.133. The summed E-state index contributed by atoms with van der Waals surface area (Å²) in [4.78, 5) is 25.8. The standard InChI is InChI=1S/C15H15O4.3C4H9.Sn/c1-11(15(17)19-3)9-13(10-14(16)18-2)12-7-5-4-6-8-12;3*1-3-4-2;/h4-8H,1,9H2,2-3H3;3*1,3-4H2,2H3;. The molecular weight excluding hydrogens is 507 g/mol. The third-order valence-electron chi connectivity index (χ3n) is 6.23. The predicted octanol–water partition coefficient (Wildman–Crippen LogP) is 7.12. The van der Waals surface area contributed by atoms with Crippen molar-refractivity contribution in [1.29, 1.82) is 0 Å². The van der Waals surface area contributed by atoms with Gasteiger partial charge in [-0.05, 0) is 0 Å². The molecule has 0 saturated carbocycles. The second-order valence-corrected chi connectivity index (χ2v) is 21.6. The molecule has 0 saturated heterocycles. The van der Waals surface area contributed by atoms with Crippen molar-refractivity contribution >= 4 is 35.9 Å². The Bertz CT molecular complexity index is 745. The Morgan fingerprint density at radius 1 is 0.812 bits per heavy atom. The first kappa shape index (κ1) is 28.5. The van der Waals surface area contributed by atoms with E-state index in [0.717, 1.165) is 66.6 Å². The van der Waals surface area contributed by atoms with E-state index in [1.165, 1.54) is 14.2 Å². The van der Waals surface area contributed by atoms with Crippen LogP contribution in [0.1, 0.15) is 71.3 Å². The first-order valence-corrected chi connectivity index (χ1v) is 19.5. The molecule has 0 aliphatic rings. The minimum absolute atomic E-state index is 0.208. The van der Waals surface area contributed by atoms with Crippen molar-refractivity contribution in [2.45, 2.75) is 79.0 Å². The van der Waals surface area contributed by atoms with E-state index < -0.39 is 24.3 Å². The Morgan fingerprint density at radius 3 is 1.69 bits per heavy atom. The summed E-state index contributed by atoms with van der Waals surface area (Å²) < 4.78 is 14.7. The molecule has 0 unspecified atom stereocenters. The fraction of sp³-hybridized carbons (Fsp3) is 0.556. The monoisotopic (exact) mass is 550 g/mol. The number of rotatable bonds is 15. The normalized spacial score (nSPS) is 12.2. The van der Waals surface area contributed by atoms with Crippen LogP contribution in [-0.2, 0) is 19.1 Å². The summed E-state index contributed by atoms with van der Waals surface area (Å²) in [7, 11) is 2.85. The molecule has 5 heteroatoms. The Balaban J connectivity index is 3.88. The molecule has 0 aromatic heterocycles. The van der Waals surface area contributed by atoms with Crippen LogP contribution in [0.4, 0.5) is 0 Å². The zero-order valence-corrected chi connectivity index (χ0v) is 23.7. The van der Waals surface area contributed by atoms with Gasteiger partial charge in [-0.25, -0.2) is 0 Å². The molecule has 0 amide bonds. The van der Waals surface area contributed by atoms with Gasteiger partial charge in [0, 0.05) is 0 Å². The molecule has 4 nitrogen and oxygen atoms in total. The van der Waals surface area contributed by atoms with E-state index in [1.54, 1.807) is 0 Å². The van der Waals surface area contributed by atoms with Gasteiger partial charge in [-0.2, -0.15) is 0 Å². The van der Waals surface area contributed by atoms with E-state index in [-0.39, 0.29) is 5.97 Å². The van der Waals surface area contributed by atoms with Crippen LogP contribution in [0.5, 0.6) is 0 Å². The van der Waals surface area contributed by atoms with Crippen molar-refractivity contribution in [3.63, 3.8) is 0 Å². The molecule has 0 aliphatic heterocycles. The molecule has 0 spiro atoms. The molecule has 0 radical (unpaired) electrons. The molecule has 1 aromatic rings. The average molecular weight is 549 g/mol. The zero-order valence-electron chi connectivity index (χ0n) is 20.8. The van der Waals surface area contributed by atoms with Crippen LogP contribution in [0.2, 0.25) is 13.3 Å². The second-order valence-electron chi connectivity index (χ2n) is 8.57. The summed E-state index contributed by atoms with van der Waals surface area (Å²) in [5, 5.41) is 0. The van der Waals surface area contributed by atoms with Gasteiger partial charge >= 0.3 is 200 Å². The Kier molecular flexibility index (Phi) is 13.6. The topological polar surface area (TPSA) is 52.6 Å². The van der Waals surface area contributed by atoms with Gasteiger partial charge in [-0.1, -0.05) is 0 Å². The van der Waals surface area contributed by atoms with Crippen molar-refractivity contribution in [1.82, 2.24) is 0 Å². The van der Waals surface area contributed by atoms with Gasteiger partial charge in [0.2, 0.25) is 0 Å². The molecule has 0 aliphatic carbocycles. The summed E-state index contributed by atoms with van der Waals surface area (Å²) >= 11 is -3.20. The van der Waals surface area contributed by atoms with Crippen molar-refractivity contribution in [2.75, 3.05) is 14.2 Å². The van der Waals surface area contributed by atoms with Crippen molar-refractivity contribution < 1.29 is 19.1 Å². The molecule has 32 heavy (non-hydrogen) atoms. The molecule has 0 heterocycles. The fourth-order valence-electron chi connectivity index (χ4n) is 4.46. The first-order valence-electron chi connectivity index (χ1n) is 12.0. The predicted molar refractivity (Wildman–Crippen MR) is 136 cm³/mol. The third-order valence-corrected chi connectivity index (χ3v) is 21.9. The van der Waals surface area contributed by atoms with Crippen LogP contribution in [0.15, 0.2) is 46.1 Å². The van der Waals surface area contributed by atoms with Gasteiger partial charge in [-0.15, -0.1) is 0 Å². The zero-order chi connectivity index (χ0) is 24.0. The van der Waals surface area contributed by atoms with Crippen molar-refractivity contribution in [3.8, 4) is 0 Å². The number of ether oxygens (including phenoxy) is 2. The number of carbonyl (C=O) groups excluding carboxylic acids is 2. The van der Waals surface area contributed by atoms with Crippen LogP contribution in [-0.4, -0.2) is 44.5 Å². The number of hydrogen-bond donors (Lipinski definition) is 0. The molecule has 0 bridgehead atoms. The van der Waals surface area contributed by atoms with Gasteiger partial charge in [-0.3, -0.25) is 0 Å². The number of benzene rings is 1. The number of carbonyl (C=O) groups is 2. The molecule has 0 N–H and O–H groups in total. The third kappa shape index (κ3) is 8.09. The number of esters is 2. The Morgan fingerprint density at radius 2 is 1.28 bits per heavy atom. The average Bonchev–Trinajstić information content (AvgIpc) is 2.83. The first-order chi connectivity index (χ1) is 15.4. The summed E-state index contributed by atoms with van der Waals surface area (Å²) in [6, 6.07) is 9.98. The molecule has 178 valence electrons. The van der Waals surface area contributed by atoms with Gasteiger partial charge in [0.25, 0.3) is 0 Å². The number of allylic oxidation sites excluding steroid dienone is 1. The van der Waals surface area contributed by atoms with E-state index in [1.807, 2.05) is 30.3 Å². The second kappa shape index (κ2) is 15.3. The molecule has 1 rings (SSSR count). The molecular formula is C27H42O4Sn. The van der Waals surface area contributed by atoms with Crippen LogP contribution >= 0.6 is 0 Å². The van der Waals surface area contributed by atoms with Crippen molar-refractivity contribution in [2.24, 2.45) is 0 Å². The maximum absolute atomic E-state index is 13.5. The Hall–Kier alpha value is -1.56. The maximum atomic E-state index is 13.5. The molecule has 0 fully saturated rings. The van der Waals surface area contributed by atoms with Crippen LogP contribution in [0, 0.1) is 0 Å². The van der Waals surface area contributed by atoms with Gasteiger partial charge in [0.15, 0.2) is 0 Å². The van der Waals surface area contributed by atoms with E-state index in [4.69, 9.17) is 9.47 Å². The van der Waals surface area contributed by atoms with E-state index in [9.17, 15) is 9.59 Å². The van der Waals surface area contributed by atoms with Gasteiger partial charge in [0.05, 0.1) is 0 Å². The van der Waals surface area contributed by atoms with E-state index >= 15 is 0 Å². The van der Waals surface area contributed by atoms with E-state index in [0.29, 0.717) is 12.0 Å².